The fourth-order valence-electron chi connectivity index (χ4n) is 4.31. The number of ether oxygens (including phenoxy) is 1. The molecule has 1 saturated carbocycles. The summed E-state index contributed by atoms with van der Waals surface area (Å²) < 4.78 is 5.54. The van der Waals surface area contributed by atoms with Crippen LogP contribution in [0.4, 0.5) is 0 Å². The molecule has 4 nitrogen and oxygen atoms in total. The highest BCUT2D eigenvalue weighted by atomic mass is 35.5. The van der Waals surface area contributed by atoms with Crippen molar-refractivity contribution in [1.82, 2.24) is 15.2 Å². The second-order valence-corrected chi connectivity index (χ2v) is 8.23. The summed E-state index contributed by atoms with van der Waals surface area (Å²) in [6.45, 7) is 6.62. The second kappa shape index (κ2) is 7.79. The molecule has 1 spiro atoms. The molecule has 0 aromatic carbocycles. The van der Waals surface area contributed by atoms with E-state index in [-0.39, 0.29) is 12.4 Å². The van der Waals surface area contributed by atoms with Crippen LogP contribution in [-0.4, -0.2) is 48.8 Å². The molecule has 1 aliphatic carbocycles. The van der Waals surface area contributed by atoms with Gasteiger partial charge in [-0.3, -0.25) is 4.90 Å². The van der Waals surface area contributed by atoms with Crippen LogP contribution in [0, 0.1) is 11.3 Å². The van der Waals surface area contributed by atoms with Gasteiger partial charge in [0.1, 0.15) is 5.01 Å². The van der Waals surface area contributed by atoms with Crippen molar-refractivity contribution in [3.63, 3.8) is 0 Å². The first-order valence-electron chi connectivity index (χ1n) is 8.77. The average Bonchev–Trinajstić information content (AvgIpc) is 2.98. The zero-order chi connectivity index (χ0) is 14.8. The number of rotatable bonds is 6. The van der Waals surface area contributed by atoms with Crippen LogP contribution in [0.15, 0.2) is 11.6 Å². The topological polar surface area (TPSA) is 37.4 Å². The molecule has 130 valence electrons. The zero-order valence-electron chi connectivity index (χ0n) is 13.7. The lowest BCUT2D eigenvalue weighted by atomic mass is 9.93. The highest BCUT2D eigenvalue weighted by molar-refractivity contribution is 7.09. The van der Waals surface area contributed by atoms with Gasteiger partial charge in [-0.05, 0) is 63.1 Å². The maximum absolute atomic E-state index is 5.54. The molecule has 1 aromatic rings. The Kier molecular flexibility index (Phi) is 5.97. The number of aromatic nitrogens is 1. The Morgan fingerprint density at radius 1 is 1.39 bits per heavy atom. The van der Waals surface area contributed by atoms with Gasteiger partial charge >= 0.3 is 0 Å². The summed E-state index contributed by atoms with van der Waals surface area (Å²) in [4.78, 5) is 7.26. The van der Waals surface area contributed by atoms with E-state index in [0.29, 0.717) is 5.41 Å². The number of hydrogen-bond donors (Lipinski definition) is 1. The van der Waals surface area contributed by atoms with Crippen molar-refractivity contribution < 1.29 is 4.74 Å². The molecular weight excluding hydrogens is 330 g/mol. The van der Waals surface area contributed by atoms with Crippen molar-refractivity contribution in [2.75, 3.05) is 32.8 Å². The molecule has 0 radical (unpaired) electrons. The lowest BCUT2D eigenvalue weighted by Gasteiger charge is -2.29. The molecule has 0 amide bonds. The summed E-state index contributed by atoms with van der Waals surface area (Å²) >= 11 is 1.80. The van der Waals surface area contributed by atoms with Crippen molar-refractivity contribution in [3.05, 3.63) is 16.6 Å². The SMILES string of the molecule is Cl.c1csc(CN(CCC2CCOC2)C2CC23CCNCC3)n1. The van der Waals surface area contributed by atoms with Gasteiger partial charge in [-0.15, -0.1) is 23.7 Å². The monoisotopic (exact) mass is 357 g/mol. The summed E-state index contributed by atoms with van der Waals surface area (Å²) in [6, 6.07) is 0.792. The molecule has 3 heterocycles. The third-order valence-electron chi connectivity index (χ3n) is 5.86. The van der Waals surface area contributed by atoms with Crippen LogP contribution in [0.2, 0.25) is 0 Å². The van der Waals surface area contributed by atoms with Gasteiger partial charge in [-0.2, -0.15) is 0 Å². The maximum Gasteiger partial charge on any atom is 0.107 e. The van der Waals surface area contributed by atoms with E-state index in [2.05, 4.69) is 20.6 Å². The van der Waals surface area contributed by atoms with E-state index in [9.17, 15) is 0 Å². The standard InChI is InChI=1S/C17H27N3OS.ClH/c1(14-2-9-21-13-14)8-20(12-16-19-7-10-22-16)15-11-17(15)3-5-18-6-4-17;/h7,10,14-15,18H,1-6,8-9,11-13H2;1H. The molecule has 6 heteroatoms. The largest absolute Gasteiger partial charge is 0.381 e. The van der Waals surface area contributed by atoms with Gasteiger partial charge in [0.25, 0.3) is 0 Å². The molecule has 2 saturated heterocycles. The van der Waals surface area contributed by atoms with Gasteiger partial charge in [0.15, 0.2) is 0 Å². The van der Waals surface area contributed by atoms with Crippen molar-refractivity contribution in [2.24, 2.45) is 11.3 Å². The summed E-state index contributed by atoms with van der Waals surface area (Å²) in [5, 5.41) is 6.90. The molecule has 4 rings (SSSR count). The van der Waals surface area contributed by atoms with Crippen LogP contribution in [0.1, 0.15) is 37.1 Å². The van der Waals surface area contributed by atoms with Gasteiger partial charge in [-0.25, -0.2) is 4.98 Å². The minimum Gasteiger partial charge on any atom is -0.381 e. The number of halogens is 1. The van der Waals surface area contributed by atoms with Gasteiger partial charge in [0, 0.05) is 30.8 Å². The first kappa shape index (κ1) is 17.6. The fraction of sp³-hybridized carbons (Fsp3) is 0.824. The van der Waals surface area contributed by atoms with Crippen molar-refractivity contribution in [3.8, 4) is 0 Å². The Balaban J connectivity index is 0.00000156. The third-order valence-corrected chi connectivity index (χ3v) is 6.62. The molecule has 2 unspecified atom stereocenters. The number of piperidine rings is 1. The predicted octanol–water partition coefficient (Wildman–Crippen LogP) is 2.94. The van der Waals surface area contributed by atoms with Gasteiger partial charge in [0.05, 0.1) is 6.54 Å². The number of nitrogens with zero attached hydrogens (tertiary/aromatic N) is 2. The molecule has 2 aliphatic heterocycles. The molecule has 3 aliphatic rings. The first-order valence-corrected chi connectivity index (χ1v) is 9.65. The van der Waals surface area contributed by atoms with E-state index in [0.717, 1.165) is 31.7 Å². The third kappa shape index (κ3) is 4.07. The highest BCUT2D eigenvalue weighted by Crippen LogP contribution is 2.56. The Labute approximate surface area is 149 Å². The van der Waals surface area contributed by atoms with E-state index in [1.54, 1.807) is 11.3 Å². The number of thiazole rings is 1. The Morgan fingerprint density at radius 2 is 2.26 bits per heavy atom. The van der Waals surface area contributed by atoms with Crippen molar-refractivity contribution in [1.29, 1.82) is 0 Å². The normalized spacial score (nSPS) is 28.9. The minimum absolute atomic E-state index is 0. The zero-order valence-corrected chi connectivity index (χ0v) is 15.3. The van der Waals surface area contributed by atoms with Crippen LogP contribution >= 0.6 is 23.7 Å². The molecule has 1 aromatic heterocycles. The predicted molar refractivity (Wildman–Crippen MR) is 96.3 cm³/mol. The fourth-order valence-corrected chi connectivity index (χ4v) is 4.95. The molecule has 1 N–H and O–H groups in total. The molecular formula is C17H28ClN3OS. The van der Waals surface area contributed by atoms with Crippen LogP contribution in [0.3, 0.4) is 0 Å². The van der Waals surface area contributed by atoms with Gasteiger partial charge < -0.3 is 10.1 Å². The Bertz CT molecular complexity index is 472. The second-order valence-electron chi connectivity index (χ2n) is 7.25. The van der Waals surface area contributed by atoms with E-state index in [4.69, 9.17) is 4.74 Å². The first-order chi connectivity index (χ1) is 10.9. The Hall–Kier alpha value is -0.200. The molecule has 0 bridgehead atoms. The Morgan fingerprint density at radius 3 is 2.96 bits per heavy atom. The molecule has 23 heavy (non-hydrogen) atoms. The summed E-state index contributed by atoms with van der Waals surface area (Å²) in [5.74, 6) is 0.779. The summed E-state index contributed by atoms with van der Waals surface area (Å²) in [5.41, 5.74) is 0.620. The molecule has 3 fully saturated rings. The number of hydrogen-bond acceptors (Lipinski definition) is 5. The van der Waals surface area contributed by atoms with E-state index >= 15 is 0 Å². The lowest BCUT2D eigenvalue weighted by Crippen LogP contribution is -2.36. The van der Waals surface area contributed by atoms with E-state index < -0.39 is 0 Å². The van der Waals surface area contributed by atoms with Gasteiger partial charge in [0.2, 0.25) is 0 Å². The van der Waals surface area contributed by atoms with Gasteiger partial charge in [-0.1, -0.05) is 0 Å². The summed E-state index contributed by atoms with van der Waals surface area (Å²) in [7, 11) is 0. The smallest absolute Gasteiger partial charge is 0.107 e. The van der Waals surface area contributed by atoms with E-state index in [1.165, 1.54) is 56.7 Å². The van der Waals surface area contributed by atoms with Crippen LogP contribution in [0.5, 0.6) is 0 Å². The van der Waals surface area contributed by atoms with Crippen LogP contribution in [0.25, 0.3) is 0 Å². The maximum atomic E-state index is 5.54. The van der Waals surface area contributed by atoms with Crippen molar-refractivity contribution in [2.45, 2.75) is 44.7 Å². The van der Waals surface area contributed by atoms with Crippen molar-refractivity contribution >= 4 is 23.7 Å². The van der Waals surface area contributed by atoms with Crippen LogP contribution in [-0.2, 0) is 11.3 Å². The summed E-state index contributed by atoms with van der Waals surface area (Å²) in [6.07, 6.45) is 8.61. The lowest BCUT2D eigenvalue weighted by molar-refractivity contribution is 0.164. The highest BCUT2D eigenvalue weighted by Gasteiger charge is 2.56. The minimum atomic E-state index is 0. The quantitative estimate of drug-likeness (QED) is 0.849. The van der Waals surface area contributed by atoms with E-state index in [1.807, 2.05) is 6.20 Å². The van der Waals surface area contributed by atoms with Crippen LogP contribution < -0.4 is 5.32 Å². The number of nitrogens with one attached hydrogen (secondary N) is 1. The average molecular weight is 358 g/mol. The molecule has 2 atom stereocenters.